The van der Waals surface area contributed by atoms with Crippen molar-refractivity contribution in [2.24, 2.45) is 11.5 Å². The summed E-state index contributed by atoms with van der Waals surface area (Å²) < 4.78 is 0. The molecule has 0 rings (SSSR count). The quantitative estimate of drug-likeness (QED) is 0.513. The molecule has 4 heteroatoms. The van der Waals surface area contributed by atoms with Gasteiger partial charge in [-0.1, -0.05) is 6.08 Å². The predicted octanol–water partition coefficient (Wildman–Crippen LogP) is 0.823. The van der Waals surface area contributed by atoms with Crippen molar-refractivity contribution in [3.63, 3.8) is 0 Å². The van der Waals surface area contributed by atoms with Gasteiger partial charge in [-0.3, -0.25) is 4.79 Å². The molecule has 0 heterocycles. The van der Waals surface area contributed by atoms with E-state index in [1.807, 2.05) is 0 Å². The van der Waals surface area contributed by atoms with Crippen LogP contribution < -0.4 is 11.5 Å². The molecular formula is C9H18N2O2. The van der Waals surface area contributed by atoms with E-state index in [2.05, 4.69) is 0 Å². The lowest BCUT2D eigenvalue weighted by Gasteiger charge is -1.99. The van der Waals surface area contributed by atoms with Gasteiger partial charge in [-0.05, 0) is 32.2 Å². The van der Waals surface area contributed by atoms with Crippen LogP contribution in [0.5, 0.6) is 0 Å². The van der Waals surface area contributed by atoms with E-state index >= 15 is 0 Å². The second kappa shape index (κ2) is 7.61. The third kappa shape index (κ3) is 8.88. The van der Waals surface area contributed by atoms with Crippen LogP contribution in [0, 0.1) is 0 Å². The largest absolute Gasteiger partial charge is 0.481 e. The van der Waals surface area contributed by atoms with Gasteiger partial charge in [0.15, 0.2) is 0 Å². The van der Waals surface area contributed by atoms with Crippen molar-refractivity contribution in [2.45, 2.75) is 32.1 Å². The Kier molecular flexibility index (Phi) is 7.01. The van der Waals surface area contributed by atoms with E-state index in [9.17, 15) is 4.79 Å². The molecule has 0 fully saturated rings. The molecule has 0 aromatic carbocycles. The van der Waals surface area contributed by atoms with E-state index in [-0.39, 0.29) is 6.42 Å². The Morgan fingerprint density at radius 1 is 1.31 bits per heavy atom. The maximum absolute atomic E-state index is 10.2. The highest BCUT2D eigenvalue weighted by molar-refractivity contribution is 5.66. The molecule has 0 aliphatic carbocycles. The molecule has 0 bridgehead atoms. The standard InChI is InChI=1S/C9H18N2O2/c10-7-2-1-4-8(11)5-3-6-9(12)13/h5H,1-4,6-7,10-11H2,(H,12,13)/b8-5-. The Balaban J connectivity index is 3.45. The molecular weight excluding hydrogens is 168 g/mol. The third-order valence-electron chi connectivity index (χ3n) is 1.68. The first-order valence-electron chi connectivity index (χ1n) is 4.53. The van der Waals surface area contributed by atoms with Crippen molar-refractivity contribution >= 4 is 5.97 Å². The molecule has 0 spiro atoms. The zero-order chi connectivity index (χ0) is 10.1. The minimum atomic E-state index is -0.786. The minimum Gasteiger partial charge on any atom is -0.481 e. The summed E-state index contributed by atoms with van der Waals surface area (Å²) in [6.07, 6.45) is 5.21. The van der Waals surface area contributed by atoms with Crippen LogP contribution in [0.25, 0.3) is 0 Å². The van der Waals surface area contributed by atoms with Gasteiger partial charge in [0.1, 0.15) is 0 Å². The smallest absolute Gasteiger partial charge is 0.303 e. The van der Waals surface area contributed by atoms with Crippen molar-refractivity contribution in [1.29, 1.82) is 0 Å². The summed E-state index contributed by atoms with van der Waals surface area (Å²) in [5.74, 6) is -0.786. The van der Waals surface area contributed by atoms with Gasteiger partial charge in [0.25, 0.3) is 0 Å². The lowest BCUT2D eigenvalue weighted by atomic mass is 10.1. The van der Waals surface area contributed by atoms with Crippen molar-refractivity contribution in [2.75, 3.05) is 6.54 Å². The summed E-state index contributed by atoms with van der Waals surface area (Å²) in [6, 6.07) is 0. The minimum absolute atomic E-state index is 0.150. The van der Waals surface area contributed by atoms with Crippen molar-refractivity contribution in [1.82, 2.24) is 0 Å². The molecule has 0 aliphatic heterocycles. The van der Waals surface area contributed by atoms with Crippen LogP contribution in [0.1, 0.15) is 32.1 Å². The van der Waals surface area contributed by atoms with Crippen LogP contribution >= 0.6 is 0 Å². The van der Waals surface area contributed by atoms with Crippen LogP contribution in [0.3, 0.4) is 0 Å². The summed E-state index contributed by atoms with van der Waals surface area (Å²) >= 11 is 0. The van der Waals surface area contributed by atoms with Crippen molar-refractivity contribution < 1.29 is 9.90 Å². The van der Waals surface area contributed by atoms with Crippen LogP contribution in [0.2, 0.25) is 0 Å². The van der Waals surface area contributed by atoms with E-state index in [1.165, 1.54) is 0 Å². The predicted molar refractivity (Wildman–Crippen MR) is 52.0 cm³/mol. The van der Waals surface area contributed by atoms with Crippen LogP contribution in [-0.2, 0) is 4.79 Å². The summed E-state index contributed by atoms with van der Waals surface area (Å²) in [4.78, 5) is 10.2. The number of carbonyl (C=O) groups is 1. The number of carboxylic acid groups (broad SMARTS) is 1. The van der Waals surface area contributed by atoms with Gasteiger partial charge in [-0.25, -0.2) is 0 Å². The molecule has 5 N–H and O–H groups in total. The number of rotatable bonds is 7. The van der Waals surface area contributed by atoms with Gasteiger partial charge in [-0.2, -0.15) is 0 Å². The number of allylic oxidation sites excluding steroid dienone is 2. The lowest BCUT2D eigenvalue weighted by molar-refractivity contribution is -0.136. The van der Waals surface area contributed by atoms with Crippen molar-refractivity contribution in [3.8, 4) is 0 Å². The van der Waals surface area contributed by atoms with E-state index in [0.29, 0.717) is 13.0 Å². The molecule has 0 aromatic rings. The average molecular weight is 186 g/mol. The first-order valence-corrected chi connectivity index (χ1v) is 4.53. The first kappa shape index (κ1) is 12.0. The molecule has 0 saturated carbocycles. The lowest BCUT2D eigenvalue weighted by Crippen LogP contribution is -2.02. The maximum atomic E-state index is 10.2. The van der Waals surface area contributed by atoms with Crippen molar-refractivity contribution in [3.05, 3.63) is 11.8 Å². The summed E-state index contributed by atoms with van der Waals surface area (Å²) in [5.41, 5.74) is 11.7. The number of carboxylic acids is 1. The van der Waals surface area contributed by atoms with Gasteiger partial charge < -0.3 is 16.6 Å². The Labute approximate surface area is 78.6 Å². The van der Waals surface area contributed by atoms with E-state index in [0.717, 1.165) is 25.0 Å². The number of aliphatic carboxylic acids is 1. The van der Waals surface area contributed by atoms with Gasteiger partial charge in [0.2, 0.25) is 0 Å². The van der Waals surface area contributed by atoms with Gasteiger partial charge in [0, 0.05) is 12.1 Å². The fourth-order valence-electron chi connectivity index (χ4n) is 0.957. The van der Waals surface area contributed by atoms with Crippen LogP contribution in [0.4, 0.5) is 0 Å². The van der Waals surface area contributed by atoms with E-state index in [4.69, 9.17) is 16.6 Å². The molecule has 13 heavy (non-hydrogen) atoms. The monoisotopic (exact) mass is 186 g/mol. The number of unbranched alkanes of at least 4 members (excludes halogenated alkanes) is 1. The number of nitrogens with two attached hydrogens (primary N) is 2. The summed E-state index contributed by atoms with van der Waals surface area (Å²) in [5, 5.41) is 8.35. The van der Waals surface area contributed by atoms with Crippen LogP contribution in [-0.4, -0.2) is 17.6 Å². The number of hydrogen-bond acceptors (Lipinski definition) is 3. The molecule has 76 valence electrons. The molecule has 0 unspecified atom stereocenters. The Bertz CT molecular complexity index is 178. The highest BCUT2D eigenvalue weighted by Crippen LogP contribution is 2.03. The van der Waals surface area contributed by atoms with Gasteiger partial charge in [0.05, 0.1) is 0 Å². The third-order valence-corrected chi connectivity index (χ3v) is 1.68. The number of hydrogen-bond donors (Lipinski definition) is 3. The van der Waals surface area contributed by atoms with Gasteiger partial charge >= 0.3 is 5.97 Å². The van der Waals surface area contributed by atoms with E-state index < -0.39 is 5.97 Å². The fraction of sp³-hybridized carbons (Fsp3) is 0.667. The zero-order valence-corrected chi connectivity index (χ0v) is 7.83. The Morgan fingerprint density at radius 2 is 2.00 bits per heavy atom. The molecule has 4 nitrogen and oxygen atoms in total. The normalized spacial score (nSPS) is 11.6. The molecule has 0 amide bonds. The second-order valence-electron chi connectivity index (χ2n) is 2.96. The Hall–Kier alpha value is -1.03. The highest BCUT2D eigenvalue weighted by atomic mass is 16.4. The molecule has 0 aromatic heterocycles. The topological polar surface area (TPSA) is 89.3 Å². The Morgan fingerprint density at radius 3 is 2.54 bits per heavy atom. The van der Waals surface area contributed by atoms with Crippen LogP contribution in [0.15, 0.2) is 11.8 Å². The summed E-state index contributed by atoms with van der Waals surface area (Å²) in [7, 11) is 0. The van der Waals surface area contributed by atoms with E-state index in [1.54, 1.807) is 6.08 Å². The average Bonchev–Trinajstić information content (AvgIpc) is 2.04. The fourth-order valence-corrected chi connectivity index (χ4v) is 0.957. The zero-order valence-electron chi connectivity index (χ0n) is 7.83. The highest BCUT2D eigenvalue weighted by Gasteiger charge is 1.95. The maximum Gasteiger partial charge on any atom is 0.303 e. The first-order chi connectivity index (χ1) is 6.16. The molecule has 0 saturated heterocycles. The molecule has 0 atom stereocenters. The second-order valence-corrected chi connectivity index (χ2v) is 2.96. The molecule has 0 radical (unpaired) electrons. The summed E-state index contributed by atoms with van der Waals surface area (Å²) in [6.45, 7) is 0.683. The molecule has 0 aliphatic rings. The van der Waals surface area contributed by atoms with Gasteiger partial charge in [-0.15, -0.1) is 0 Å². The SMILES string of the molecule is NCCCC/C(N)=C/CCC(=O)O.